The van der Waals surface area contributed by atoms with Gasteiger partial charge in [-0.25, -0.2) is 4.98 Å². The number of benzene rings is 1. The lowest BCUT2D eigenvalue weighted by Crippen LogP contribution is -2.31. The fourth-order valence-electron chi connectivity index (χ4n) is 2.82. The van der Waals surface area contributed by atoms with E-state index >= 15 is 0 Å². The molecule has 142 valence electrons. The summed E-state index contributed by atoms with van der Waals surface area (Å²) in [5.41, 5.74) is 1.59. The van der Waals surface area contributed by atoms with E-state index < -0.39 is 0 Å². The van der Waals surface area contributed by atoms with Gasteiger partial charge in [-0.1, -0.05) is 35.1 Å². The van der Waals surface area contributed by atoms with Gasteiger partial charge in [-0.15, -0.1) is 11.3 Å². The number of nitrogens with zero attached hydrogens (tertiary/aromatic N) is 3. The van der Waals surface area contributed by atoms with Gasteiger partial charge in [0, 0.05) is 17.3 Å². The van der Waals surface area contributed by atoms with Gasteiger partial charge in [0.25, 0.3) is 0 Å². The lowest BCUT2D eigenvalue weighted by atomic mass is 10.2. The summed E-state index contributed by atoms with van der Waals surface area (Å²) >= 11 is 9.31. The molecule has 3 aromatic heterocycles. The highest BCUT2D eigenvalue weighted by Crippen LogP contribution is 2.39. The molecule has 1 aromatic carbocycles. The van der Waals surface area contributed by atoms with Gasteiger partial charge < -0.3 is 4.74 Å². The van der Waals surface area contributed by atoms with Crippen molar-refractivity contribution < 1.29 is 9.53 Å². The number of fused-ring (bicyclic) bond motifs is 1. The first kappa shape index (κ1) is 18.9. The minimum Gasteiger partial charge on any atom is -0.494 e. The van der Waals surface area contributed by atoms with E-state index in [1.807, 2.05) is 29.6 Å². The van der Waals surface area contributed by atoms with Crippen LogP contribution < -0.4 is 9.64 Å². The molecule has 0 unspecified atom stereocenters. The summed E-state index contributed by atoms with van der Waals surface area (Å²) in [5.74, 6) is 0.606. The molecule has 5 nitrogen and oxygen atoms in total. The van der Waals surface area contributed by atoms with E-state index in [4.69, 9.17) is 16.3 Å². The van der Waals surface area contributed by atoms with Gasteiger partial charge in [-0.3, -0.25) is 14.7 Å². The molecule has 0 aliphatic rings. The van der Waals surface area contributed by atoms with Crippen LogP contribution in [0, 0.1) is 0 Å². The SMILES string of the molecule is COc1ccc(Cl)c2sc(N(Cc3cccnc3)C(=O)Cc3cccs3)nc12. The van der Waals surface area contributed by atoms with Crippen molar-refractivity contribution in [2.45, 2.75) is 13.0 Å². The van der Waals surface area contributed by atoms with Crippen molar-refractivity contribution >= 4 is 55.5 Å². The van der Waals surface area contributed by atoms with Crippen molar-refractivity contribution in [1.29, 1.82) is 0 Å². The molecule has 0 saturated carbocycles. The molecular formula is C20H16ClN3O2S2. The topological polar surface area (TPSA) is 55.3 Å². The molecular weight excluding hydrogens is 414 g/mol. The minimum absolute atomic E-state index is 0.0274. The first-order valence-electron chi connectivity index (χ1n) is 8.50. The predicted molar refractivity (Wildman–Crippen MR) is 115 cm³/mol. The summed E-state index contributed by atoms with van der Waals surface area (Å²) < 4.78 is 6.22. The Hall–Kier alpha value is -2.48. The van der Waals surface area contributed by atoms with E-state index in [1.54, 1.807) is 47.9 Å². The van der Waals surface area contributed by atoms with Crippen molar-refractivity contribution in [1.82, 2.24) is 9.97 Å². The smallest absolute Gasteiger partial charge is 0.234 e. The number of pyridine rings is 1. The van der Waals surface area contributed by atoms with Crippen LogP contribution in [-0.4, -0.2) is 23.0 Å². The Labute approximate surface area is 175 Å². The molecule has 1 amide bonds. The lowest BCUT2D eigenvalue weighted by molar-refractivity contribution is -0.118. The average Bonchev–Trinajstić information content (AvgIpc) is 3.37. The monoisotopic (exact) mass is 429 g/mol. The average molecular weight is 430 g/mol. The zero-order valence-electron chi connectivity index (χ0n) is 15.0. The minimum atomic E-state index is -0.0274. The second kappa shape index (κ2) is 8.26. The number of ether oxygens (including phenoxy) is 1. The molecule has 0 fully saturated rings. The van der Waals surface area contributed by atoms with Gasteiger partial charge in [0.2, 0.25) is 5.91 Å². The number of methoxy groups -OCH3 is 1. The standard InChI is InChI=1S/C20H16ClN3O2S2/c1-26-16-7-6-15(21)19-18(16)23-20(28-19)24(12-13-4-2-8-22-11-13)17(25)10-14-5-3-9-27-14/h2-9,11H,10,12H2,1H3. The second-order valence-corrected chi connectivity index (χ2v) is 8.44. The highest BCUT2D eigenvalue weighted by molar-refractivity contribution is 7.23. The largest absolute Gasteiger partial charge is 0.494 e. The number of thiazole rings is 1. The van der Waals surface area contributed by atoms with Crippen LogP contribution in [0.15, 0.2) is 54.2 Å². The molecule has 4 rings (SSSR count). The van der Waals surface area contributed by atoms with Crippen LogP contribution in [0.3, 0.4) is 0 Å². The number of halogens is 1. The van der Waals surface area contributed by atoms with E-state index in [-0.39, 0.29) is 5.91 Å². The van der Waals surface area contributed by atoms with Gasteiger partial charge in [-0.05, 0) is 35.2 Å². The van der Waals surface area contributed by atoms with Crippen LogP contribution in [0.2, 0.25) is 5.02 Å². The number of rotatable bonds is 6. The fraction of sp³-hybridized carbons (Fsp3) is 0.150. The fourth-order valence-corrected chi connectivity index (χ4v) is 4.78. The van der Waals surface area contributed by atoms with Gasteiger partial charge in [-0.2, -0.15) is 0 Å². The van der Waals surface area contributed by atoms with E-state index in [2.05, 4.69) is 9.97 Å². The summed E-state index contributed by atoms with van der Waals surface area (Å²) in [6.07, 6.45) is 3.79. The lowest BCUT2D eigenvalue weighted by Gasteiger charge is -2.19. The Balaban J connectivity index is 1.75. The molecule has 4 aromatic rings. The Morgan fingerprint density at radius 1 is 1.25 bits per heavy atom. The number of hydrogen-bond acceptors (Lipinski definition) is 6. The first-order valence-corrected chi connectivity index (χ1v) is 10.6. The summed E-state index contributed by atoms with van der Waals surface area (Å²) in [6, 6.07) is 11.3. The van der Waals surface area contributed by atoms with Crippen LogP contribution in [0.25, 0.3) is 10.2 Å². The van der Waals surface area contributed by atoms with E-state index in [0.717, 1.165) is 15.1 Å². The maximum absolute atomic E-state index is 13.1. The zero-order chi connectivity index (χ0) is 19.5. The third-order valence-electron chi connectivity index (χ3n) is 4.17. The number of thiophene rings is 1. The van der Waals surface area contributed by atoms with Crippen molar-refractivity contribution in [3.8, 4) is 5.75 Å². The highest BCUT2D eigenvalue weighted by atomic mass is 35.5. The van der Waals surface area contributed by atoms with Crippen molar-refractivity contribution in [2.75, 3.05) is 12.0 Å². The van der Waals surface area contributed by atoms with Crippen molar-refractivity contribution in [2.24, 2.45) is 0 Å². The van der Waals surface area contributed by atoms with Crippen LogP contribution in [-0.2, 0) is 17.8 Å². The molecule has 0 saturated heterocycles. The third-order valence-corrected chi connectivity index (χ3v) is 6.58. The summed E-state index contributed by atoms with van der Waals surface area (Å²) in [6.45, 7) is 0.387. The van der Waals surface area contributed by atoms with Gasteiger partial charge in [0.15, 0.2) is 5.13 Å². The predicted octanol–water partition coefficient (Wildman–Crippen LogP) is 5.19. The molecule has 0 atom stereocenters. The Morgan fingerprint density at radius 2 is 2.14 bits per heavy atom. The zero-order valence-corrected chi connectivity index (χ0v) is 17.4. The number of carbonyl (C=O) groups is 1. The summed E-state index contributed by atoms with van der Waals surface area (Å²) in [7, 11) is 1.59. The molecule has 8 heteroatoms. The Kier molecular flexibility index (Phi) is 5.57. The molecule has 0 bridgehead atoms. The van der Waals surface area contributed by atoms with Crippen molar-refractivity contribution in [3.05, 3.63) is 69.6 Å². The van der Waals surface area contributed by atoms with Crippen LogP contribution in [0.4, 0.5) is 5.13 Å². The van der Waals surface area contributed by atoms with Crippen LogP contribution >= 0.6 is 34.3 Å². The number of carbonyl (C=O) groups excluding carboxylic acids is 1. The van der Waals surface area contributed by atoms with Gasteiger partial charge >= 0.3 is 0 Å². The molecule has 0 radical (unpaired) electrons. The normalized spacial score (nSPS) is 10.9. The third kappa shape index (κ3) is 3.87. The quantitative estimate of drug-likeness (QED) is 0.423. The number of hydrogen-bond donors (Lipinski definition) is 0. The van der Waals surface area contributed by atoms with Crippen molar-refractivity contribution in [3.63, 3.8) is 0 Å². The van der Waals surface area contributed by atoms with Crippen LogP contribution in [0.5, 0.6) is 5.75 Å². The first-order chi connectivity index (χ1) is 13.7. The Bertz CT molecular complexity index is 1100. The molecule has 0 aliphatic carbocycles. The maximum Gasteiger partial charge on any atom is 0.234 e. The number of anilines is 1. The van der Waals surface area contributed by atoms with Crippen LogP contribution in [0.1, 0.15) is 10.4 Å². The molecule has 0 N–H and O–H groups in total. The molecule has 28 heavy (non-hydrogen) atoms. The Morgan fingerprint density at radius 3 is 2.86 bits per heavy atom. The number of aromatic nitrogens is 2. The van der Waals surface area contributed by atoms with E-state index in [9.17, 15) is 4.79 Å². The maximum atomic E-state index is 13.1. The molecule has 0 aliphatic heterocycles. The van der Waals surface area contributed by atoms with E-state index in [1.165, 1.54) is 11.3 Å². The number of amides is 1. The van der Waals surface area contributed by atoms with Gasteiger partial charge in [0.1, 0.15) is 11.3 Å². The second-order valence-electron chi connectivity index (χ2n) is 6.02. The van der Waals surface area contributed by atoms with Gasteiger partial charge in [0.05, 0.1) is 29.8 Å². The summed E-state index contributed by atoms with van der Waals surface area (Å²) in [5, 5.41) is 3.15. The molecule has 3 heterocycles. The molecule has 0 spiro atoms. The summed E-state index contributed by atoms with van der Waals surface area (Å²) in [4.78, 5) is 24.7. The van der Waals surface area contributed by atoms with E-state index in [0.29, 0.717) is 34.4 Å². The highest BCUT2D eigenvalue weighted by Gasteiger charge is 2.23.